The van der Waals surface area contributed by atoms with Crippen molar-refractivity contribution in [3.63, 3.8) is 0 Å². The van der Waals surface area contributed by atoms with Crippen LogP contribution in [0.3, 0.4) is 0 Å². The number of benzene rings is 1. The third kappa shape index (κ3) is 2.83. The van der Waals surface area contributed by atoms with E-state index in [2.05, 4.69) is 15.2 Å². The van der Waals surface area contributed by atoms with E-state index in [1.165, 1.54) is 17.0 Å². The normalized spacial score (nSPS) is 16.9. The third-order valence-corrected chi connectivity index (χ3v) is 5.15. The second-order valence-corrected chi connectivity index (χ2v) is 7.11. The lowest BCUT2D eigenvalue weighted by Gasteiger charge is -2.32. The zero-order chi connectivity index (χ0) is 21.0. The van der Waals surface area contributed by atoms with Gasteiger partial charge in [-0.25, -0.2) is 9.50 Å². The van der Waals surface area contributed by atoms with Crippen LogP contribution in [0.5, 0.6) is 0 Å². The topological polar surface area (TPSA) is 68.3 Å². The molecule has 0 aliphatic carbocycles. The maximum atomic E-state index is 13.3. The standard InChI is InChI=1S/C20H15F3N6O/c1-12-11-27(14-4-2-13(3-5-14)20(21,22)23)19(30)18-15(10-25-29(12)18)16-7-9-28-17(26-16)6-8-24-28/h2-10,12H,11H2,1H3/t12-/m0/s1. The summed E-state index contributed by atoms with van der Waals surface area (Å²) in [6.45, 7) is 2.20. The van der Waals surface area contributed by atoms with E-state index in [0.717, 1.165) is 12.1 Å². The number of aromatic nitrogens is 5. The summed E-state index contributed by atoms with van der Waals surface area (Å²) in [6, 6.07) is 7.92. The molecule has 1 aliphatic heterocycles. The molecule has 152 valence electrons. The molecule has 1 aromatic carbocycles. The number of carbonyl (C=O) groups excluding carboxylic acids is 1. The van der Waals surface area contributed by atoms with Crippen molar-refractivity contribution in [1.82, 2.24) is 24.4 Å². The van der Waals surface area contributed by atoms with E-state index in [9.17, 15) is 18.0 Å². The maximum absolute atomic E-state index is 13.3. The Morgan fingerprint density at radius 2 is 1.83 bits per heavy atom. The van der Waals surface area contributed by atoms with Gasteiger partial charge < -0.3 is 4.90 Å². The van der Waals surface area contributed by atoms with Crippen LogP contribution in [0.2, 0.25) is 0 Å². The number of fused-ring (bicyclic) bond motifs is 2. The van der Waals surface area contributed by atoms with Crippen molar-refractivity contribution < 1.29 is 18.0 Å². The number of alkyl halides is 3. The van der Waals surface area contributed by atoms with Crippen molar-refractivity contribution in [3.8, 4) is 11.3 Å². The molecule has 4 aromatic rings. The molecule has 1 aliphatic rings. The highest BCUT2D eigenvalue weighted by Crippen LogP contribution is 2.34. The molecule has 10 heteroatoms. The smallest absolute Gasteiger partial charge is 0.305 e. The number of hydrogen-bond donors (Lipinski definition) is 0. The molecule has 4 heterocycles. The van der Waals surface area contributed by atoms with Gasteiger partial charge in [-0.3, -0.25) is 9.48 Å². The first-order valence-electron chi connectivity index (χ1n) is 9.20. The molecule has 0 spiro atoms. The Bertz CT molecular complexity index is 1260. The molecule has 3 aromatic heterocycles. The minimum atomic E-state index is -4.43. The number of anilines is 1. The Labute approximate surface area is 168 Å². The minimum Gasteiger partial charge on any atom is -0.305 e. The summed E-state index contributed by atoms with van der Waals surface area (Å²) < 4.78 is 41.9. The van der Waals surface area contributed by atoms with Gasteiger partial charge in [0.05, 0.1) is 35.3 Å². The lowest BCUT2D eigenvalue weighted by Crippen LogP contribution is -2.42. The quantitative estimate of drug-likeness (QED) is 0.502. The summed E-state index contributed by atoms with van der Waals surface area (Å²) in [5.74, 6) is -0.337. The van der Waals surface area contributed by atoms with Gasteiger partial charge in [0.2, 0.25) is 0 Å². The van der Waals surface area contributed by atoms with Crippen LogP contribution < -0.4 is 4.90 Å². The Hall–Kier alpha value is -3.69. The predicted octanol–water partition coefficient (Wildman–Crippen LogP) is 3.83. The first kappa shape index (κ1) is 18.3. The fraction of sp³-hybridized carbons (Fsp3) is 0.200. The predicted molar refractivity (Wildman–Crippen MR) is 102 cm³/mol. The van der Waals surface area contributed by atoms with E-state index in [4.69, 9.17) is 0 Å². The zero-order valence-electron chi connectivity index (χ0n) is 15.7. The van der Waals surface area contributed by atoms with E-state index in [-0.39, 0.29) is 11.9 Å². The lowest BCUT2D eigenvalue weighted by atomic mass is 10.1. The van der Waals surface area contributed by atoms with E-state index in [1.807, 2.05) is 6.92 Å². The second-order valence-electron chi connectivity index (χ2n) is 7.11. The van der Waals surface area contributed by atoms with Gasteiger partial charge in [0.25, 0.3) is 5.91 Å². The summed E-state index contributed by atoms with van der Waals surface area (Å²) in [5, 5.41) is 8.47. The molecule has 7 nitrogen and oxygen atoms in total. The van der Waals surface area contributed by atoms with Crippen molar-refractivity contribution in [2.75, 3.05) is 11.4 Å². The average molecular weight is 412 g/mol. The molecule has 1 atom stereocenters. The Morgan fingerprint density at radius 3 is 2.57 bits per heavy atom. The van der Waals surface area contributed by atoms with Crippen molar-refractivity contribution >= 4 is 17.2 Å². The number of rotatable bonds is 2. The van der Waals surface area contributed by atoms with Gasteiger partial charge in [-0.05, 0) is 37.3 Å². The Balaban J connectivity index is 1.56. The number of nitrogens with zero attached hydrogens (tertiary/aromatic N) is 6. The van der Waals surface area contributed by atoms with Gasteiger partial charge in [-0.1, -0.05) is 0 Å². The largest absolute Gasteiger partial charge is 0.416 e. The number of amides is 1. The van der Waals surface area contributed by atoms with Crippen LogP contribution in [0.1, 0.15) is 29.0 Å². The monoisotopic (exact) mass is 412 g/mol. The first-order valence-corrected chi connectivity index (χ1v) is 9.20. The van der Waals surface area contributed by atoms with E-state index in [0.29, 0.717) is 34.8 Å². The van der Waals surface area contributed by atoms with Crippen LogP contribution in [0.25, 0.3) is 16.9 Å². The molecule has 0 fully saturated rings. The van der Waals surface area contributed by atoms with Crippen LogP contribution in [-0.2, 0) is 6.18 Å². The summed E-state index contributed by atoms with van der Waals surface area (Å²) in [4.78, 5) is 19.3. The SMILES string of the molecule is C[C@H]1CN(c2ccc(C(F)(F)F)cc2)C(=O)c2c(-c3ccn4nccc4n3)cnn21. The van der Waals surface area contributed by atoms with Crippen LogP contribution in [-0.4, -0.2) is 36.8 Å². The molecule has 5 rings (SSSR count). The van der Waals surface area contributed by atoms with Gasteiger partial charge >= 0.3 is 6.18 Å². The average Bonchev–Trinajstić information content (AvgIpc) is 3.37. The summed E-state index contributed by atoms with van der Waals surface area (Å²) in [5.41, 5.74) is 1.75. The van der Waals surface area contributed by atoms with Gasteiger partial charge in [-0.2, -0.15) is 23.4 Å². The lowest BCUT2D eigenvalue weighted by molar-refractivity contribution is -0.137. The molecular weight excluding hydrogens is 397 g/mol. The highest BCUT2D eigenvalue weighted by atomic mass is 19.4. The van der Waals surface area contributed by atoms with Gasteiger partial charge in [0.1, 0.15) is 5.69 Å². The summed E-state index contributed by atoms with van der Waals surface area (Å²) >= 11 is 0. The second kappa shape index (κ2) is 6.41. The fourth-order valence-corrected chi connectivity index (χ4v) is 3.66. The molecule has 0 saturated heterocycles. The van der Waals surface area contributed by atoms with Crippen molar-refractivity contribution in [1.29, 1.82) is 0 Å². The molecule has 0 unspecified atom stereocenters. The fourth-order valence-electron chi connectivity index (χ4n) is 3.66. The highest BCUT2D eigenvalue weighted by Gasteiger charge is 2.35. The Kier molecular flexibility index (Phi) is 3.92. The van der Waals surface area contributed by atoms with Crippen LogP contribution >= 0.6 is 0 Å². The number of hydrogen-bond acceptors (Lipinski definition) is 4. The Morgan fingerprint density at radius 1 is 1.07 bits per heavy atom. The van der Waals surface area contributed by atoms with Gasteiger partial charge in [-0.15, -0.1) is 0 Å². The molecule has 0 saturated carbocycles. The molecular formula is C20H15F3N6O. The van der Waals surface area contributed by atoms with Crippen molar-refractivity contribution in [2.24, 2.45) is 0 Å². The van der Waals surface area contributed by atoms with E-state index in [1.54, 1.807) is 39.9 Å². The first-order chi connectivity index (χ1) is 14.3. The molecule has 30 heavy (non-hydrogen) atoms. The van der Waals surface area contributed by atoms with Crippen LogP contribution in [0.15, 0.2) is 55.0 Å². The zero-order valence-corrected chi connectivity index (χ0v) is 15.7. The molecule has 0 radical (unpaired) electrons. The number of halogens is 3. The third-order valence-electron chi connectivity index (χ3n) is 5.15. The summed E-state index contributed by atoms with van der Waals surface area (Å²) in [6.07, 6.45) is 0.530. The van der Waals surface area contributed by atoms with E-state index < -0.39 is 11.7 Å². The minimum absolute atomic E-state index is 0.160. The molecule has 1 amide bonds. The highest BCUT2D eigenvalue weighted by molar-refractivity contribution is 6.09. The van der Waals surface area contributed by atoms with Crippen molar-refractivity contribution in [2.45, 2.75) is 19.1 Å². The van der Waals surface area contributed by atoms with Gasteiger partial charge in [0.15, 0.2) is 5.65 Å². The van der Waals surface area contributed by atoms with E-state index >= 15 is 0 Å². The van der Waals surface area contributed by atoms with Crippen LogP contribution in [0.4, 0.5) is 18.9 Å². The maximum Gasteiger partial charge on any atom is 0.416 e. The molecule has 0 N–H and O–H groups in total. The summed E-state index contributed by atoms with van der Waals surface area (Å²) in [7, 11) is 0. The number of carbonyl (C=O) groups is 1. The van der Waals surface area contributed by atoms with Crippen LogP contribution in [0, 0.1) is 0 Å². The van der Waals surface area contributed by atoms with Gasteiger partial charge in [0, 0.05) is 24.5 Å². The molecule has 0 bridgehead atoms. The van der Waals surface area contributed by atoms with Crippen molar-refractivity contribution in [3.05, 3.63) is 66.2 Å².